The summed E-state index contributed by atoms with van der Waals surface area (Å²) in [5.41, 5.74) is 0.103. The lowest BCUT2D eigenvalue weighted by Crippen LogP contribution is -2.55. The number of aromatic nitrogens is 1. The van der Waals surface area contributed by atoms with E-state index in [2.05, 4.69) is 35.7 Å². The van der Waals surface area contributed by atoms with Gasteiger partial charge in [0.15, 0.2) is 5.69 Å². The van der Waals surface area contributed by atoms with Crippen LogP contribution in [-0.2, 0) is 0 Å². The fraction of sp³-hybridized carbons (Fsp3) is 0.538. The normalized spacial score (nSPS) is 25.2. The molecule has 1 aromatic heterocycles. The third kappa shape index (κ3) is 2.46. The first-order valence-corrected chi connectivity index (χ1v) is 6.16. The van der Waals surface area contributed by atoms with E-state index in [4.69, 9.17) is 5.11 Å². The monoisotopic (exact) mass is 249 g/mol. The Morgan fingerprint density at radius 2 is 1.94 bits per heavy atom. The Kier molecular flexibility index (Phi) is 3.52. The van der Waals surface area contributed by atoms with Crippen LogP contribution in [0.15, 0.2) is 18.2 Å². The minimum absolute atomic E-state index is 0.103. The zero-order valence-corrected chi connectivity index (χ0v) is 11.0. The van der Waals surface area contributed by atoms with Gasteiger partial charge >= 0.3 is 5.97 Å². The standard InChI is InChI=1S/C13H19N3O2/c1-9-7-16(8-10(2)15(9)3)12-6-4-5-11(14-12)13(17)18/h4-6,9-10H,7-8H2,1-3H3,(H,17,18). The van der Waals surface area contributed by atoms with Gasteiger partial charge in [0.2, 0.25) is 0 Å². The summed E-state index contributed by atoms with van der Waals surface area (Å²) in [7, 11) is 2.12. The van der Waals surface area contributed by atoms with Gasteiger partial charge in [-0.1, -0.05) is 6.07 Å². The smallest absolute Gasteiger partial charge is 0.354 e. The molecule has 0 radical (unpaired) electrons. The molecule has 2 unspecified atom stereocenters. The third-order valence-corrected chi connectivity index (χ3v) is 3.64. The molecule has 98 valence electrons. The zero-order chi connectivity index (χ0) is 13.3. The molecule has 0 spiro atoms. The van der Waals surface area contributed by atoms with Crippen LogP contribution in [0, 0.1) is 0 Å². The van der Waals surface area contributed by atoms with E-state index in [1.807, 2.05) is 6.07 Å². The van der Waals surface area contributed by atoms with Crippen LogP contribution in [0.1, 0.15) is 24.3 Å². The number of anilines is 1. The number of aromatic carboxylic acids is 1. The van der Waals surface area contributed by atoms with E-state index < -0.39 is 5.97 Å². The van der Waals surface area contributed by atoms with Crippen LogP contribution in [0.25, 0.3) is 0 Å². The summed E-state index contributed by atoms with van der Waals surface area (Å²) in [6, 6.07) is 6.01. The van der Waals surface area contributed by atoms with Crippen molar-refractivity contribution in [1.29, 1.82) is 0 Å². The number of rotatable bonds is 2. The minimum Gasteiger partial charge on any atom is -0.477 e. The first-order valence-electron chi connectivity index (χ1n) is 6.16. The maximum Gasteiger partial charge on any atom is 0.354 e. The summed E-state index contributed by atoms with van der Waals surface area (Å²) in [5.74, 6) is -0.228. The number of carboxylic acid groups (broad SMARTS) is 1. The molecule has 2 atom stereocenters. The molecule has 1 N–H and O–H groups in total. The second kappa shape index (κ2) is 4.94. The van der Waals surface area contributed by atoms with E-state index in [0.29, 0.717) is 12.1 Å². The number of hydrogen-bond donors (Lipinski definition) is 1. The summed E-state index contributed by atoms with van der Waals surface area (Å²) < 4.78 is 0. The van der Waals surface area contributed by atoms with Crippen molar-refractivity contribution in [2.75, 3.05) is 25.0 Å². The number of hydrogen-bond acceptors (Lipinski definition) is 4. The highest BCUT2D eigenvalue weighted by Crippen LogP contribution is 2.19. The van der Waals surface area contributed by atoms with Crippen LogP contribution in [0.3, 0.4) is 0 Å². The lowest BCUT2D eigenvalue weighted by atomic mass is 10.1. The summed E-state index contributed by atoms with van der Waals surface area (Å²) in [6.45, 7) is 6.08. The van der Waals surface area contributed by atoms with E-state index in [9.17, 15) is 4.79 Å². The predicted molar refractivity (Wildman–Crippen MR) is 70.1 cm³/mol. The van der Waals surface area contributed by atoms with Gasteiger partial charge in [-0.3, -0.25) is 4.90 Å². The maximum atomic E-state index is 10.9. The van der Waals surface area contributed by atoms with Crippen LogP contribution in [0.2, 0.25) is 0 Å². The Hall–Kier alpha value is -1.62. The average Bonchev–Trinajstić information content (AvgIpc) is 2.35. The Balaban J connectivity index is 2.21. The fourth-order valence-corrected chi connectivity index (χ4v) is 2.31. The number of pyridine rings is 1. The van der Waals surface area contributed by atoms with Crippen molar-refractivity contribution in [3.05, 3.63) is 23.9 Å². The van der Waals surface area contributed by atoms with Crippen molar-refractivity contribution in [1.82, 2.24) is 9.88 Å². The van der Waals surface area contributed by atoms with Crippen LogP contribution in [0.5, 0.6) is 0 Å². The van der Waals surface area contributed by atoms with Gasteiger partial charge in [-0.05, 0) is 33.0 Å². The SMILES string of the molecule is CC1CN(c2cccc(C(=O)O)n2)CC(C)N1C. The van der Waals surface area contributed by atoms with Crippen molar-refractivity contribution in [2.24, 2.45) is 0 Å². The molecule has 5 heteroatoms. The lowest BCUT2D eigenvalue weighted by molar-refractivity contribution is 0.0690. The maximum absolute atomic E-state index is 10.9. The molecule has 1 aliphatic heterocycles. The lowest BCUT2D eigenvalue weighted by Gasteiger charge is -2.43. The highest BCUT2D eigenvalue weighted by atomic mass is 16.4. The summed E-state index contributed by atoms with van der Waals surface area (Å²) in [5, 5.41) is 8.96. The quantitative estimate of drug-likeness (QED) is 0.856. The molecule has 1 aromatic rings. The van der Waals surface area contributed by atoms with E-state index in [0.717, 1.165) is 18.9 Å². The number of carbonyl (C=O) groups is 1. The second-order valence-electron chi connectivity index (χ2n) is 4.95. The van der Waals surface area contributed by atoms with E-state index in [-0.39, 0.29) is 5.69 Å². The molecule has 2 rings (SSSR count). The van der Waals surface area contributed by atoms with Gasteiger partial charge < -0.3 is 10.0 Å². The van der Waals surface area contributed by atoms with Gasteiger partial charge in [-0.25, -0.2) is 9.78 Å². The molecule has 0 saturated carbocycles. The van der Waals surface area contributed by atoms with E-state index in [1.54, 1.807) is 6.07 Å². The number of nitrogens with zero attached hydrogens (tertiary/aromatic N) is 3. The van der Waals surface area contributed by atoms with E-state index in [1.165, 1.54) is 6.07 Å². The first kappa shape index (κ1) is 12.8. The fourth-order valence-electron chi connectivity index (χ4n) is 2.31. The number of piperazine rings is 1. The van der Waals surface area contributed by atoms with Gasteiger partial charge in [-0.2, -0.15) is 0 Å². The molecule has 1 fully saturated rings. The van der Waals surface area contributed by atoms with Gasteiger partial charge in [0, 0.05) is 25.2 Å². The van der Waals surface area contributed by atoms with Gasteiger partial charge in [-0.15, -0.1) is 0 Å². The van der Waals surface area contributed by atoms with Gasteiger partial charge in [0.1, 0.15) is 5.82 Å². The molecular formula is C13H19N3O2. The minimum atomic E-state index is -0.980. The molecule has 0 aromatic carbocycles. The molecular weight excluding hydrogens is 230 g/mol. The second-order valence-corrected chi connectivity index (χ2v) is 4.95. The molecule has 0 aliphatic carbocycles. The Labute approximate surface area is 107 Å². The van der Waals surface area contributed by atoms with Crippen LogP contribution in [0.4, 0.5) is 5.82 Å². The molecule has 1 aliphatic rings. The van der Waals surface area contributed by atoms with Crippen molar-refractivity contribution in [3.8, 4) is 0 Å². The highest BCUT2D eigenvalue weighted by molar-refractivity contribution is 5.85. The van der Waals surface area contributed by atoms with Gasteiger partial charge in [0.25, 0.3) is 0 Å². The average molecular weight is 249 g/mol. The summed E-state index contributed by atoms with van der Waals surface area (Å²) >= 11 is 0. The first-order chi connectivity index (χ1) is 8.49. The van der Waals surface area contributed by atoms with Crippen LogP contribution < -0.4 is 4.90 Å². The molecule has 1 saturated heterocycles. The molecule has 18 heavy (non-hydrogen) atoms. The highest BCUT2D eigenvalue weighted by Gasteiger charge is 2.27. The van der Waals surface area contributed by atoms with Crippen molar-refractivity contribution in [2.45, 2.75) is 25.9 Å². The summed E-state index contributed by atoms with van der Waals surface area (Å²) in [6.07, 6.45) is 0. The summed E-state index contributed by atoms with van der Waals surface area (Å²) in [4.78, 5) is 19.6. The van der Waals surface area contributed by atoms with Crippen LogP contribution >= 0.6 is 0 Å². The number of likely N-dealkylation sites (N-methyl/N-ethyl adjacent to an activating group) is 1. The Morgan fingerprint density at radius 3 is 2.50 bits per heavy atom. The van der Waals surface area contributed by atoms with E-state index >= 15 is 0 Å². The molecule has 5 nitrogen and oxygen atoms in total. The topological polar surface area (TPSA) is 56.7 Å². The Bertz CT molecular complexity index is 438. The van der Waals surface area contributed by atoms with Crippen molar-refractivity contribution in [3.63, 3.8) is 0 Å². The van der Waals surface area contributed by atoms with Crippen LogP contribution in [-0.4, -0.2) is 53.2 Å². The van der Waals surface area contributed by atoms with Crippen molar-refractivity contribution < 1.29 is 9.90 Å². The molecule has 2 heterocycles. The molecule has 0 amide bonds. The third-order valence-electron chi connectivity index (χ3n) is 3.64. The Morgan fingerprint density at radius 1 is 1.33 bits per heavy atom. The predicted octanol–water partition coefficient (Wildman–Crippen LogP) is 1.31. The van der Waals surface area contributed by atoms with Gasteiger partial charge in [0.05, 0.1) is 0 Å². The molecule has 0 bridgehead atoms. The largest absolute Gasteiger partial charge is 0.477 e. The zero-order valence-electron chi connectivity index (χ0n) is 11.0. The van der Waals surface area contributed by atoms with Crippen molar-refractivity contribution >= 4 is 11.8 Å². The number of carboxylic acids is 1.